The summed E-state index contributed by atoms with van der Waals surface area (Å²) < 4.78 is -0.200. The molecule has 0 aromatic heterocycles. The van der Waals surface area contributed by atoms with E-state index in [-0.39, 0.29) is 4.75 Å². The average Bonchev–Trinajstić information content (AvgIpc) is 1.63. The minimum Gasteiger partial charge on any atom is -0.172 e. The second-order valence-electron chi connectivity index (χ2n) is 2.19. The summed E-state index contributed by atoms with van der Waals surface area (Å²) in [6.45, 7) is 3.84. The van der Waals surface area contributed by atoms with Crippen LogP contribution in [0.15, 0.2) is 15.4 Å². The molecule has 0 amide bonds. The van der Waals surface area contributed by atoms with Crippen LogP contribution in [0.3, 0.4) is 0 Å². The van der Waals surface area contributed by atoms with Gasteiger partial charge in [0, 0.05) is 11.0 Å². The summed E-state index contributed by atoms with van der Waals surface area (Å²) in [7, 11) is 1.57. The molecule has 0 saturated carbocycles. The molecule has 0 unspecified atom stereocenters. The van der Waals surface area contributed by atoms with Crippen molar-refractivity contribution in [3.8, 4) is 0 Å². The third kappa shape index (κ3) is 7.62. The molecule has 4 heteroatoms. The van der Waals surface area contributed by atoms with Crippen molar-refractivity contribution >= 4 is 18.8 Å². The number of hydrogen-bond donors (Lipinski definition) is 1. The third-order valence-electron chi connectivity index (χ3n) is 0.515. The van der Waals surface area contributed by atoms with Gasteiger partial charge in [0.05, 0.1) is 7.05 Å². The van der Waals surface area contributed by atoms with Crippen LogP contribution in [0.2, 0.25) is 0 Å². The Bertz CT molecular complexity index is 123. The molecule has 0 aliphatic carbocycles. The largest absolute Gasteiger partial charge is 0.172 e. The summed E-state index contributed by atoms with van der Waals surface area (Å²) in [5.41, 5.74) is 0. The highest BCUT2D eigenvalue weighted by Gasteiger charge is 2.05. The first-order valence-electron chi connectivity index (χ1n) is 2.62. The first kappa shape index (κ1) is 8.62. The number of thiol groups is 1. The highest BCUT2D eigenvalue weighted by molar-refractivity contribution is 7.82. The van der Waals surface area contributed by atoms with Crippen molar-refractivity contribution in [1.82, 2.24) is 0 Å². The Balaban J connectivity index is 3.71. The average molecular weight is 145 g/mol. The molecule has 0 fully saturated rings. The molecule has 0 aromatic rings. The molecule has 0 heterocycles. The van der Waals surface area contributed by atoms with Gasteiger partial charge in [-0.05, 0) is 13.8 Å². The zero-order valence-corrected chi connectivity index (χ0v) is 6.76. The fourth-order valence-corrected chi connectivity index (χ4v) is 0.270. The van der Waals surface area contributed by atoms with Gasteiger partial charge in [-0.25, -0.2) is 0 Å². The van der Waals surface area contributed by atoms with Gasteiger partial charge in [0.25, 0.3) is 0 Å². The number of rotatable bonds is 2. The Morgan fingerprint density at radius 1 is 1.44 bits per heavy atom. The molecule has 3 nitrogen and oxygen atoms in total. The van der Waals surface area contributed by atoms with Crippen molar-refractivity contribution < 1.29 is 0 Å². The van der Waals surface area contributed by atoms with E-state index >= 15 is 0 Å². The van der Waals surface area contributed by atoms with E-state index in [2.05, 4.69) is 28.1 Å². The molecule has 0 N–H and O–H groups in total. The maximum absolute atomic E-state index is 4.18. The summed E-state index contributed by atoms with van der Waals surface area (Å²) in [5, 5.41) is 10.5. The topological polar surface area (TPSA) is 37.1 Å². The van der Waals surface area contributed by atoms with Crippen LogP contribution in [0.5, 0.6) is 0 Å². The van der Waals surface area contributed by atoms with Gasteiger partial charge in [0.15, 0.2) is 0 Å². The van der Waals surface area contributed by atoms with E-state index in [1.165, 1.54) is 0 Å². The second-order valence-corrected chi connectivity index (χ2v) is 3.34. The Hall–Kier alpha value is -0.380. The lowest BCUT2D eigenvalue weighted by atomic mass is 10.2. The van der Waals surface area contributed by atoms with Crippen LogP contribution in [0.25, 0.3) is 0 Å². The van der Waals surface area contributed by atoms with Gasteiger partial charge in [-0.3, -0.25) is 0 Å². The van der Waals surface area contributed by atoms with Gasteiger partial charge in [-0.1, -0.05) is 5.22 Å². The van der Waals surface area contributed by atoms with Gasteiger partial charge in [0.2, 0.25) is 0 Å². The van der Waals surface area contributed by atoms with E-state index in [1.54, 1.807) is 13.3 Å². The predicted molar refractivity (Wildman–Crippen MR) is 42.3 cm³/mol. The summed E-state index contributed by atoms with van der Waals surface area (Å²) in [6.07, 6.45) is 1.63. The first-order chi connectivity index (χ1) is 4.06. The fraction of sp³-hybridized carbons (Fsp3) is 0.800. The van der Waals surface area contributed by atoms with Crippen LogP contribution >= 0.6 is 12.6 Å². The fourth-order valence-electron chi connectivity index (χ4n) is 0.219. The van der Waals surface area contributed by atoms with Crippen LogP contribution in [0, 0.1) is 0 Å². The highest BCUT2D eigenvalue weighted by Crippen LogP contribution is 2.07. The molecule has 0 bridgehead atoms. The molecule has 0 aliphatic heterocycles. The Kier molecular flexibility index (Phi) is 3.46. The molecular weight excluding hydrogens is 134 g/mol. The molecule has 0 aliphatic rings. The van der Waals surface area contributed by atoms with Gasteiger partial charge in [-0.2, -0.15) is 17.7 Å². The molecule has 0 aromatic carbocycles. The first-order valence-corrected chi connectivity index (χ1v) is 3.06. The third-order valence-corrected chi connectivity index (χ3v) is 0.630. The van der Waals surface area contributed by atoms with E-state index in [1.807, 2.05) is 13.8 Å². The zero-order valence-electron chi connectivity index (χ0n) is 5.87. The zero-order chi connectivity index (χ0) is 7.33. The Morgan fingerprint density at radius 2 is 2.00 bits per heavy atom. The van der Waals surface area contributed by atoms with Crippen LogP contribution in [0.4, 0.5) is 0 Å². The van der Waals surface area contributed by atoms with Gasteiger partial charge in [-0.15, -0.1) is 5.10 Å². The van der Waals surface area contributed by atoms with Crippen molar-refractivity contribution in [3.63, 3.8) is 0 Å². The summed E-state index contributed by atoms with van der Waals surface area (Å²) in [6, 6.07) is 0. The van der Waals surface area contributed by atoms with E-state index in [9.17, 15) is 0 Å². The van der Waals surface area contributed by atoms with Crippen LogP contribution in [-0.2, 0) is 0 Å². The lowest BCUT2D eigenvalue weighted by molar-refractivity contribution is 0.948. The quantitative estimate of drug-likeness (QED) is 0.266. The molecule has 9 heavy (non-hydrogen) atoms. The lowest BCUT2D eigenvalue weighted by Gasteiger charge is -2.06. The molecule has 52 valence electrons. The smallest absolute Gasteiger partial charge is 0.0509 e. The van der Waals surface area contributed by atoms with E-state index < -0.39 is 0 Å². The SMILES string of the molecule is CN=NN=CC(C)(C)S. The van der Waals surface area contributed by atoms with Crippen molar-refractivity contribution in [1.29, 1.82) is 0 Å². The molecular formula is C5H11N3S. The van der Waals surface area contributed by atoms with Crippen LogP contribution < -0.4 is 0 Å². The molecule has 0 rings (SSSR count). The van der Waals surface area contributed by atoms with E-state index in [0.717, 1.165) is 0 Å². The normalized spacial score (nSPS) is 13.8. The minimum absolute atomic E-state index is 0.200. The van der Waals surface area contributed by atoms with Crippen molar-refractivity contribution in [3.05, 3.63) is 0 Å². The van der Waals surface area contributed by atoms with Crippen molar-refractivity contribution in [2.45, 2.75) is 18.6 Å². The van der Waals surface area contributed by atoms with Crippen LogP contribution in [0.1, 0.15) is 13.8 Å². The van der Waals surface area contributed by atoms with Crippen molar-refractivity contribution in [2.75, 3.05) is 7.05 Å². The van der Waals surface area contributed by atoms with Gasteiger partial charge in [0.1, 0.15) is 0 Å². The minimum atomic E-state index is -0.200. The Labute approximate surface area is 60.7 Å². The number of nitrogens with zero attached hydrogens (tertiary/aromatic N) is 3. The summed E-state index contributed by atoms with van der Waals surface area (Å²) in [4.78, 5) is 0. The van der Waals surface area contributed by atoms with E-state index in [4.69, 9.17) is 0 Å². The molecule has 0 saturated heterocycles. The summed E-state index contributed by atoms with van der Waals surface area (Å²) >= 11 is 4.18. The maximum Gasteiger partial charge on any atom is 0.0509 e. The monoisotopic (exact) mass is 145 g/mol. The molecule has 0 spiro atoms. The van der Waals surface area contributed by atoms with Gasteiger partial charge >= 0.3 is 0 Å². The van der Waals surface area contributed by atoms with Crippen molar-refractivity contribution in [2.24, 2.45) is 15.4 Å². The maximum atomic E-state index is 4.18. The standard InChI is InChI=1S/C5H11N3S/c1-5(2,9)4-7-8-6-3/h4,9H,1-3H3. The molecule has 0 atom stereocenters. The Morgan fingerprint density at radius 3 is 2.33 bits per heavy atom. The lowest BCUT2D eigenvalue weighted by Crippen LogP contribution is -2.10. The molecule has 0 radical (unpaired) electrons. The second kappa shape index (κ2) is 3.61. The van der Waals surface area contributed by atoms with E-state index in [0.29, 0.717) is 0 Å². The number of hydrogen-bond acceptors (Lipinski definition) is 3. The summed E-state index contributed by atoms with van der Waals surface area (Å²) in [5.74, 6) is 0. The predicted octanol–water partition coefficient (Wildman–Crippen LogP) is 1.76. The highest BCUT2D eigenvalue weighted by atomic mass is 32.1. The van der Waals surface area contributed by atoms with Gasteiger partial charge < -0.3 is 0 Å². The van der Waals surface area contributed by atoms with Crippen LogP contribution in [-0.4, -0.2) is 18.0 Å².